The molecule has 2 saturated carbocycles. The van der Waals surface area contributed by atoms with Gasteiger partial charge in [0.05, 0.1) is 0 Å². The highest BCUT2D eigenvalue weighted by molar-refractivity contribution is 5.25. The summed E-state index contributed by atoms with van der Waals surface area (Å²) >= 11 is 0. The van der Waals surface area contributed by atoms with Crippen molar-refractivity contribution in [2.24, 2.45) is 17.8 Å². The van der Waals surface area contributed by atoms with E-state index in [2.05, 4.69) is 0 Å². The van der Waals surface area contributed by atoms with Crippen molar-refractivity contribution in [1.82, 2.24) is 0 Å². The minimum absolute atomic E-state index is 0.0114. The molecule has 140 valence electrons. The number of halogens is 6. The van der Waals surface area contributed by atoms with Crippen molar-refractivity contribution in [3.63, 3.8) is 0 Å². The summed E-state index contributed by atoms with van der Waals surface area (Å²) in [4.78, 5) is 0. The second-order valence-electron chi connectivity index (χ2n) is 7.50. The lowest BCUT2D eigenvalue weighted by Gasteiger charge is -2.27. The number of hydrogen-bond acceptors (Lipinski definition) is 0. The molecule has 0 aromatic heterocycles. The molecule has 3 rings (SSSR count). The summed E-state index contributed by atoms with van der Waals surface area (Å²) in [6.07, 6.45) is 0.156. The Morgan fingerprint density at radius 3 is 2.28 bits per heavy atom. The van der Waals surface area contributed by atoms with Crippen LogP contribution in [0, 0.1) is 35.2 Å². The standard InChI is InChI=1S/C19H22F6/c1-2-3-12-6-10-4-5-13(15(20)9-14(10)19(12,24)25)11-7-16(21)18(23)17(22)8-11/h7-8,10,12-15H,2-6,9H2,1H3. The zero-order chi connectivity index (χ0) is 18.4. The molecule has 5 unspecified atom stereocenters. The summed E-state index contributed by atoms with van der Waals surface area (Å²) in [6.45, 7) is 1.86. The average molecular weight is 364 g/mol. The van der Waals surface area contributed by atoms with Gasteiger partial charge in [-0.25, -0.2) is 26.3 Å². The first kappa shape index (κ1) is 18.6. The van der Waals surface area contributed by atoms with Gasteiger partial charge in [-0.1, -0.05) is 13.3 Å². The molecule has 2 aliphatic rings. The van der Waals surface area contributed by atoms with Gasteiger partial charge in [0.25, 0.3) is 5.92 Å². The Morgan fingerprint density at radius 2 is 1.68 bits per heavy atom. The van der Waals surface area contributed by atoms with E-state index in [-0.39, 0.29) is 24.3 Å². The molecule has 2 fully saturated rings. The molecule has 25 heavy (non-hydrogen) atoms. The lowest BCUT2D eigenvalue weighted by Crippen LogP contribution is -2.33. The highest BCUT2D eigenvalue weighted by Gasteiger charge is 2.57. The largest absolute Gasteiger partial charge is 0.254 e. The lowest BCUT2D eigenvalue weighted by atomic mass is 9.86. The minimum atomic E-state index is -2.90. The quantitative estimate of drug-likeness (QED) is 0.430. The van der Waals surface area contributed by atoms with Gasteiger partial charge in [-0.2, -0.15) is 0 Å². The normalized spacial score (nSPS) is 34.6. The summed E-state index contributed by atoms with van der Waals surface area (Å²) in [5.41, 5.74) is 0.0114. The number of benzene rings is 1. The van der Waals surface area contributed by atoms with Gasteiger partial charge in [0, 0.05) is 17.8 Å². The number of fused-ring (bicyclic) bond motifs is 1. The third kappa shape index (κ3) is 3.28. The fourth-order valence-electron chi connectivity index (χ4n) is 4.78. The van der Waals surface area contributed by atoms with E-state index >= 15 is 0 Å². The van der Waals surface area contributed by atoms with Gasteiger partial charge in [-0.3, -0.25) is 0 Å². The van der Waals surface area contributed by atoms with Gasteiger partial charge in [0.15, 0.2) is 17.5 Å². The van der Waals surface area contributed by atoms with E-state index in [9.17, 15) is 26.3 Å². The van der Waals surface area contributed by atoms with E-state index in [4.69, 9.17) is 0 Å². The predicted octanol–water partition coefficient (Wildman–Crippen LogP) is 6.40. The predicted molar refractivity (Wildman–Crippen MR) is 82.7 cm³/mol. The topological polar surface area (TPSA) is 0 Å². The Bertz CT molecular complexity index is 605. The van der Waals surface area contributed by atoms with Crippen LogP contribution in [0.2, 0.25) is 0 Å². The molecule has 0 heterocycles. The van der Waals surface area contributed by atoms with Gasteiger partial charge in [0.2, 0.25) is 0 Å². The minimum Gasteiger partial charge on any atom is -0.247 e. The van der Waals surface area contributed by atoms with Crippen molar-refractivity contribution in [2.45, 2.75) is 63.5 Å². The molecule has 5 atom stereocenters. The molecule has 0 amide bonds. The van der Waals surface area contributed by atoms with Crippen LogP contribution >= 0.6 is 0 Å². The van der Waals surface area contributed by atoms with Gasteiger partial charge in [-0.05, 0) is 55.7 Å². The van der Waals surface area contributed by atoms with Crippen molar-refractivity contribution in [1.29, 1.82) is 0 Å². The van der Waals surface area contributed by atoms with Crippen molar-refractivity contribution in [3.8, 4) is 0 Å². The molecule has 0 bridgehead atoms. The van der Waals surface area contributed by atoms with Crippen LogP contribution in [0.3, 0.4) is 0 Å². The van der Waals surface area contributed by atoms with Gasteiger partial charge in [-0.15, -0.1) is 0 Å². The molecule has 0 aliphatic heterocycles. The zero-order valence-electron chi connectivity index (χ0n) is 14.1. The Morgan fingerprint density at radius 1 is 1.04 bits per heavy atom. The third-order valence-corrected chi connectivity index (χ3v) is 6.03. The van der Waals surface area contributed by atoms with Gasteiger partial charge in [0.1, 0.15) is 6.17 Å². The van der Waals surface area contributed by atoms with E-state index in [1.54, 1.807) is 0 Å². The van der Waals surface area contributed by atoms with Crippen LogP contribution < -0.4 is 0 Å². The lowest BCUT2D eigenvalue weighted by molar-refractivity contribution is -0.0902. The van der Waals surface area contributed by atoms with Crippen LogP contribution in [-0.2, 0) is 0 Å². The summed E-state index contributed by atoms with van der Waals surface area (Å²) in [7, 11) is 0. The van der Waals surface area contributed by atoms with Crippen molar-refractivity contribution in [2.75, 3.05) is 0 Å². The number of rotatable bonds is 3. The highest BCUT2D eigenvalue weighted by atomic mass is 19.3. The second-order valence-corrected chi connectivity index (χ2v) is 7.50. The molecule has 6 heteroatoms. The van der Waals surface area contributed by atoms with Gasteiger partial charge < -0.3 is 0 Å². The Labute approximate surface area is 143 Å². The Balaban J connectivity index is 1.83. The average Bonchev–Trinajstić information content (AvgIpc) is 2.68. The molecule has 1 aromatic rings. The maximum Gasteiger partial charge on any atom is 0.254 e. The fourth-order valence-corrected chi connectivity index (χ4v) is 4.78. The molecular weight excluding hydrogens is 342 g/mol. The summed E-state index contributed by atoms with van der Waals surface area (Å²) in [6, 6.07) is 1.57. The molecular formula is C19H22F6. The third-order valence-electron chi connectivity index (χ3n) is 6.03. The maximum absolute atomic E-state index is 14.8. The smallest absolute Gasteiger partial charge is 0.247 e. The van der Waals surface area contributed by atoms with Crippen molar-refractivity contribution >= 4 is 0 Å². The molecule has 0 spiro atoms. The maximum atomic E-state index is 14.8. The van der Waals surface area contributed by atoms with Crippen LogP contribution in [0.25, 0.3) is 0 Å². The van der Waals surface area contributed by atoms with Crippen molar-refractivity contribution in [3.05, 3.63) is 35.1 Å². The van der Waals surface area contributed by atoms with Crippen LogP contribution in [0.5, 0.6) is 0 Å². The molecule has 0 radical (unpaired) electrons. The summed E-state index contributed by atoms with van der Waals surface area (Å²) in [5.74, 6) is -10.1. The molecule has 1 aromatic carbocycles. The van der Waals surface area contributed by atoms with Gasteiger partial charge >= 0.3 is 0 Å². The Hall–Kier alpha value is -1.20. The fraction of sp³-hybridized carbons (Fsp3) is 0.684. The number of alkyl halides is 3. The first-order valence-electron chi connectivity index (χ1n) is 8.92. The first-order valence-corrected chi connectivity index (χ1v) is 8.92. The second kappa shape index (κ2) is 6.84. The zero-order valence-corrected chi connectivity index (χ0v) is 14.1. The molecule has 0 saturated heterocycles. The number of hydrogen-bond donors (Lipinski definition) is 0. The SMILES string of the molecule is CCCC1CC2CCC(c3cc(F)c(F)c(F)c3)C(F)CC2C1(F)F. The van der Waals surface area contributed by atoms with E-state index in [1.807, 2.05) is 6.92 Å². The van der Waals surface area contributed by atoms with Crippen LogP contribution in [0.1, 0.15) is 56.9 Å². The first-order chi connectivity index (χ1) is 11.8. The molecule has 2 aliphatic carbocycles. The Kier molecular flexibility index (Phi) is 5.09. The van der Waals surface area contributed by atoms with E-state index in [0.29, 0.717) is 25.7 Å². The monoisotopic (exact) mass is 364 g/mol. The summed E-state index contributed by atoms with van der Waals surface area (Å²) in [5, 5.41) is 0. The van der Waals surface area contributed by atoms with E-state index < -0.39 is 47.3 Å². The van der Waals surface area contributed by atoms with Crippen LogP contribution in [0.4, 0.5) is 26.3 Å². The van der Waals surface area contributed by atoms with Crippen molar-refractivity contribution < 1.29 is 26.3 Å². The molecule has 0 nitrogen and oxygen atoms in total. The highest BCUT2D eigenvalue weighted by Crippen LogP contribution is 2.56. The van der Waals surface area contributed by atoms with Crippen LogP contribution in [-0.4, -0.2) is 12.1 Å². The molecule has 0 N–H and O–H groups in total. The summed E-state index contributed by atoms with van der Waals surface area (Å²) < 4.78 is 84.1. The van der Waals surface area contributed by atoms with E-state index in [1.165, 1.54) is 0 Å². The van der Waals surface area contributed by atoms with E-state index in [0.717, 1.165) is 12.1 Å². The van der Waals surface area contributed by atoms with Crippen LogP contribution in [0.15, 0.2) is 12.1 Å².